The van der Waals surface area contributed by atoms with Gasteiger partial charge >= 0.3 is 0 Å². The highest BCUT2D eigenvalue weighted by Gasteiger charge is 2.48. The molecule has 0 saturated carbocycles. The fourth-order valence-corrected chi connectivity index (χ4v) is 4.56. The largest absolute Gasteiger partial charge is 0.305 e. The van der Waals surface area contributed by atoms with Crippen molar-refractivity contribution in [2.45, 2.75) is 29.6 Å². The molecular weight excluding hydrogens is 371 g/mol. The van der Waals surface area contributed by atoms with E-state index in [1.54, 1.807) is 0 Å². The molecule has 21 heavy (non-hydrogen) atoms. The highest BCUT2D eigenvalue weighted by atomic mass is 127. The summed E-state index contributed by atoms with van der Waals surface area (Å²) in [5.74, 6) is 0.736. The lowest BCUT2D eigenvalue weighted by atomic mass is 9.80. The van der Waals surface area contributed by atoms with Gasteiger partial charge in [0, 0.05) is 17.5 Å². The summed E-state index contributed by atoms with van der Waals surface area (Å²) in [5.41, 5.74) is 5.01. The summed E-state index contributed by atoms with van der Waals surface area (Å²) in [6, 6.07) is 8.35. The van der Waals surface area contributed by atoms with E-state index in [9.17, 15) is 5.26 Å². The van der Waals surface area contributed by atoms with Crippen LogP contribution < -0.4 is 0 Å². The lowest BCUT2D eigenvalue weighted by Crippen LogP contribution is -2.25. The second-order valence-corrected chi connectivity index (χ2v) is 7.71. The van der Waals surface area contributed by atoms with Crippen molar-refractivity contribution in [2.75, 3.05) is 0 Å². The summed E-state index contributed by atoms with van der Waals surface area (Å²) >= 11 is 2.56. The maximum absolute atomic E-state index is 9.18. The van der Waals surface area contributed by atoms with Gasteiger partial charge in [0.15, 0.2) is 0 Å². The lowest BCUT2D eigenvalue weighted by Gasteiger charge is -2.31. The third-order valence-corrected chi connectivity index (χ3v) is 6.76. The van der Waals surface area contributed by atoms with Gasteiger partial charge in [-0.3, -0.25) is 0 Å². The predicted octanol–water partition coefficient (Wildman–Crippen LogP) is 4.85. The van der Waals surface area contributed by atoms with E-state index in [0.29, 0.717) is 17.5 Å². The van der Waals surface area contributed by atoms with E-state index in [4.69, 9.17) is 5.41 Å². The molecule has 0 amide bonds. The first-order valence-corrected chi connectivity index (χ1v) is 8.28. The first-order valence-electron chi connectivity index (χ1n) is 7.20. The quantitative estimate of drug-likeness (QED) is 0.440. The molecular formula is C18H17IN2. The van der Waals surface area contributed by atoms with Crippen molar-refractivity contribution in [3.8, 4) is 6.07 Å². The molecule has 3 rings (SSSR count). The maximum Gasteiger partial charge on any atom is 0.0991 e. The van der Waals surface area contributed by atoms with E-state index >= 15 is 0 Å². The minimum atomic E-state index is 0.0100. The van der Waals surface area contributed by atoms with E-state index in [1.807, 2.05) is 13.0 Å². The molecule has 1 aromatic carbocycles. The smallest absolute Gasteiger partial charge is 0.0991 e. The van der Waals surface area contributed by atoms with Crippen LogP contribution in [-0.4, -0.2) is 5.71 Å². The van der Waals surface area contributed by atoms with Gasteiger partial charge in [-0.1, -0.05) is 53.8 Å². The second kappa shape index (κ2) is 5.10. The van der Waals surface area contributed by atoms with E-state index in [1.165, 1.54) is 11.1 Å². The van der Waals surface area contributed by atoms with Crippen LogP contribution in [-0.2, 0) is 3.42 Å². The van der Waals surface area contributed by atoms with Gasteiger partial charge in [0.1, 0.15) is 0 Å². The minimum Gasteiger partial charge on any atom is -0.305 e. The number of rotatable bonds is 2. The second-order valence-electron chi connectivity index (χ2n) is 5.79. The number of hydrogen-bond donors (Lipinski definition) is 1. The van der Waals surface area contributed by atoms with Crippen molar-refractivity contribution in [1.82, 2.24) is 0 Å². The van der Waals surface area contributed by atoms with Crippen LogP contribution in [0.3, 0.4) is 0 Å². The predicted molar refractivity (Wildman–Crippen MR) is 94.0 cm³/mol. The Morgan fingerprint density at radius 2 is 2.24 bits per heavy atom. The SMILES string of the molecule is CCC1(I)c2cc(C#N)ccc2C2C=CC(C(C)=N)=CC21. The maximum atomic E-state index is 9.18. The number of hydrogen-bond acceptors (Lipinski definition) is 2. The van der Waals surface area contributed by atoms with Gasteiger partial charge in [-0.2, -0.15) is 5.26 Å². The molecule has 0 aliphatic heterocycles. The molecule has 2 nitrogen and oxygen atoms in total. The molecule has 0 radical (unpaired) electrons. The molecule has 2 aliphatic carbocycles. The van der Waals surface area contributed by atoms with Crippen LogP contribution >= 0.6 is 22.6 Å². The van der Waals surface area contributed by atoms with Gasteiger partial charge in [-0.15, -0.1) is 0 Å². The van der Waals surface area contributed by atoms with Crippen molar-refractivity contribution in [3.05, 3.63) is 58.7 Å². The molecule has 0 fully saturated rings. The van der Waals surface area contributed by atoms with Crippen LogP contribution in [0.4, 0.5) is 0 Å². The number of nitrogens with zero attached hydrogens (tertiary/aromatic N) is 1. The standard InChI is InChI=1S/C18H17IN2/c1-3-18(19)16-8-12(10-20)4-6-14(16)15-7-5-13(11(2)21)9-17(15)18/h4-9,15,17,21H,3H2,1-2H3. The molecule has 1 aromatic rings. The average Bonchev–Trinajstić information content (AvgIpc) is 2.76. The Balaban J connectivity index is 2.18. The van der Waals surface area contributed by atoms with Gasteiger partial charge in [0.2, 0.25) is 0 Å². The minimum absolute atomic E-state index is 0.0100. The van der Waals surface area contributed by atoms with Crippen molar-refractivity contribution < 1.29 is 0 Å². The van der Waals surface area contributed by atoms with Crippen LogP contribution in [0, 0.1) is 22.7 Å². The van der Waals surface area contributed by atoms with Crippen LogP contribution in [0.25, 0.3) is 0 Å². The Morgan fingerprint density at radius 3 is 2.86 bits per heavy atom. The number of nitriles is 1. The monoisotopic (exact) mass is 388 g/mol. The Morgan fingerprint density at radius 1 is 1.48 bits per heavy atom. The summed E-state index contributed by atoms with van der Waals surface area (Å²) in [4.78, 5) is 0. The zero-order chi connectivity index (χ0) is 15.2. The van der Waals surface area contributed by atoms with E-state index in [0.717, 1.165) is 17.6 Å². The van der Waals surface area contributed by atoms with E-state index in [-0.39, 0.29) is 3.42 Å². The summed E-state index contributed by atoms with van der Waals surface area (Å²) in [7, 11) is 0. The molecule has 0 saturated heterocycles. The molecule has 0 heterocycles. The number of alkyl halides is 1. The summed E-state index contributed by atoms with van der Waals surface area (Å²) < 4.78 is 0.0100. The highest BCUT2D eigenvalue weighted by Crippen LogP contribution is 2.59. The molecule has 0 bridgehead atoms. The first-order chi connectivity index (χ1) is 10.0. The highest BCUT2D eigenvalue weighted by molar-refractivity contribution is 14.1. The van der Waals surface area contributed by atoms with Crippen molar-refractivity contribution in [3.63, 3.8) is 0 Å². The van der Waals surface area contributed by atoms with Gasteiger partial charge in [-0.05, 0) is 42.2 Å². The Labute approximate surface area is 139 Å². The average molecular weight is 388 g/mol. The van der Waals surface area contributed by atoms with Gasteiger partial charge in [-0.25, -0.2) is 0 Å². The van der Waals surface area contributed by atoms with Crippen LogP contribution in [0.2, 0.25) is 0 Å². The Hall–Kier alpha value is -1.41. The summed E-state index contributed by atoms with van der Waals surface area (Å²) in [6.45, 7) is 4.05. The number of allylic oxidation sites excluding steroid dienone is 4. The van der Waals surface area contributed by atoms with Crippen LogP contribution in [0.15, 0.2) is 42.0 Å². The fourth-order valence-electron chi connectivity index (χ4n) is 3.53. The zero-order valence-electron chi connectivity index (χ0n) is 12.2. The molecule has 3 atom stereocenters. The number of nitrogens with one attached hydrogen (secondary N) is 1. The van der Waals surface area contributed by atoms with Crippen LogP contribution in [0.1, 0.15) is 42.9 Å². The van der Waals surface area contributed by atoms with E-state index < -0.39 is 0 Å². The Bertz CT molecular complexity index is 723. The third-order valence-electron chi connectivity index (χ3n) is 4.69. The topological polar surface area (TPSA) is 47.6 Å². The molecule has 0 aromatic heterocycles. The number of fused-ring (bicyclic) bond motifs is 3. The molecule has 106 valence electrons. The number of benzene rings is 1. The molecule has 3 unspecified atom stereocenters. The third kappa shape index (κ3) is 2.08. The van der Waals surface area contributed by atoms with Crippen molar-refractivity contribution in [1.29, 1.82) is 10.7 Å². The molecule has 1 N–H and O–H groups in total. The van der Waals surface area contributed by atoms with Gasteiger partial charge < -0.3 is 5.41 Å². The van der Waals surface area contributed by atoms with Gasteiger partial charge in [0.25, 0.3) is 0 Å². The zero-order valence-corrected chi connectivity index (χ0v) is 14.3. The lowest BCUT2D eigenvalue weighted by molar-refractivity contribution is 0.476. The molecule has 3 heteroatoms. The summed E-state index contributed by atoms with van der Waals surface area (Å²) in [5, 5.41) is 17.1. The molecule has 2 aliphatic rings. The first kappa shape index (κ1) is 14.5. The van der Waals surface area contributed by atoms with E-state index in [2.05, 4.69) is 65.9 Å². The van der Waals surface area contributed by atoms with Gasteiger partial charge in [0.05, 0.1) is 15.1 Å². The Kier molecular flexibility index (Phi) is 3.53. The summed E-state index contributed by atoms with van der Waals surface area (Å²) in [6.07, 6.45) is 7.59. The fraction of sp³-hybridized carbons (Fsp3) is 0.333. The molecule has 0 spiro atoms. The van der Waals surface area contributed by atoms with Crippen molar-refractivity contribution >= 4 is 28.3 Å². The normalized spacial score (nSPS) is 29.3. The number of halogens is 1. The van der Waals surface area contributed by atoms with Crippen molar-refractivity contribution in [2.24, 2.45) is 5.92 Å². The van der Waals surface area contributed by atoms with Crippen LogP contribution in [0.5, 0.6) is 0 Å².